The zero-order valence-electron chi connectivity index (χ0n) is 19.3. The Labute approximate surface area is 211 Å². The number of benzene rings is 3. The molecule has 3 aromatic carbocycles. The summed E-state index contributed by atoms with van der Waals surface area (Å²) in [6.45, 7) is 3.43. The van der Waals surface area contributed by atoms with Crippen molar-refractivity contribution in [2.75, 3.05) is 0 Å². The van der Waals surface area contributed by atoms with Crippen LogP contribution in [0.4, 0.5) is 0 Å². The molecule has 0 spiro atoms. The van der Waals surface area contributed by atoms with Crippen LogP contribution < -0.4 is 4.74 Å². The summed E-state index contributed by atoms with van der Waals surface area (Å²) in [6.07, 6.45) is 1.83. The van der Waals surface area contributed by atoms with Crippen molar-refractivity contribution in [2.24, 2.45) is 5.92 Å². The number of cyclic esters (lactones) is 2. The van der Waals surface area contributed by atoms with Gasteiger partial charge in [0.15, 0.2) is 5.92 Å². The molecule has 6 nitrogen and oxygen atoms in total. The van der Waals surface area contributed by atoms with Crippen molar-refractivity contribution in [3.63, 3.8) is 0 Å². The number of fused-ring (bicyclic) bond motifs is 1. The Hall–Kier alpha value is -3.58. The number of aromatic amines is 1. The van der Waals surface area contributed by atoms with Gasteiger partial charge in [-0.3, -0.25) is 9.59 Å². The van der Waals surface area contributed by atoms with Crippen molar-refractivity contribution in [3.05, 3.63) is 100 Å². The van der Waals surface area contributed by atoms with E-state index in [0.29, 0.717) is 17.9 Å². The highest BCUT2D eigenvalue weighted by molar-refractivity contribution is 9.10. The molecule has 1 aliphatic rings. The molecule has 1 aliphatic heterocycles. The molecule has 0 radical (unpaired) electrons. The van der Waals surface area contributed by atoms with Gasteiger partial charge in [0.1, 0.15) is 12.4 Å². The third-order valence-electron chi connectivity index (χ3n) is 6.05. The van der Waals surface area contributed by atoms with Gasteiger partial charge in [0, 0.05) is 46.9 Å². The number of ether oxygens (including phenoxy) is 3. The minimum absolute atomic E-state index is 0.331. The summed E-state index contributed by atoms with van der Waals surface area (Å²) in [5.74, 6) is -3.83. The second-order valence-electron chi connectivity index (χ2n) is 8.94. The fraction of sp³-hybridized carbons (Fsp3) is 0.214. The number of carbonyl (C=O) groups is 2. The smallest absolute Gasteiger partial charge is 0.324 e. The summed E-state index contributed by atoms with van der Waals surface area (Å²) in [7, 11) is 0. The van der Waals surface area contributed by atoms with E-state index in [1.54, 1.807) is 13.8 Å². The van der Waals surface area contributed by atoms with E-state index in [-0.39, 0.29) is 0 Å². The normalized spacial score (nSPS) is 16.5. The Morgan fingerprint density at radius 2 is 1.57 bits per heavy atom. The van der Waals surface area contributed by atoms with E-state index in [9.17, 15) is 9.59 Å². The van der Waals surface area contributed by atoms with Gasteiger partial charge in [0.25, 0.3) is 5.79 Å². The van der Waals surface area contributed by atoms with Gasteiger partial charge in [-0.15, -0.1) is 0 Å². The highest BCUT2D eigenvalue weighted by Crippen LogP contribution is 2.43. The van der Waals surface area contributed by atoms with E-state index in [2.05, 4.69) is 20.9 Å². The number of hydrogen-bond donors (Lipinski definition) is 1. The van der Waals surface area contributed by atoms with Crippen LogP contribution in [0.15, 0.2) is 83.5 Å². The number of para-hydroxylation sites is 2. The Morgan fingerprint density at radius 3 is 2.31 bits per heavy atom. The molecule has 0 saturated carbocycles. The number of H-pyrrole nitrogens is 1. The summed E-state index contributed by atoms with van der Waals surface area (Å²) in [6, 6.07) is 23.1. The summed E-state index contributed by atoms with van der Waals surface area (Å²) in [5, 5.41) is 0.908. The minimum Gasteiger partial charge on any atom is -0.489 e. The predicted octanol–water partition coefficient (Wildman–Crippen LogP) is 6.09. The highest BCUT2D eigenvalue weighted by Gasteiger charge is 2.49. The highest BCUT2D eigenvalue weighted by atomic mass is 79.9. The van der Waals surface area contributed by atoms with Gasteiger partial charge < -0.3 is 19.2 Å². The molecule has 5 rings (SSSR count). The Morgan fingerprint density at radius 1 is 0.914 bits per heavy atom. The lowest BCUT2D eigenvalue weighted by Crippen LogP contribution is -2.48. The van der Waals surface area contributed by atoms with E-state index >= 15 is 0 Å². The lowest BCUT2D eigenvalue weighted by Gasteiger charge is -2.36. The van der Waals surface area contributed by atoms with Crippen LogP contribution >= 0.6 is 15.9 Å². The maximum absolute atomic E-state index is 13.2. The SMILES string of the molecule is CC1(C)OC(=O)C([C@H](c2ccccc2OCc2ccc(Br)cc2)c2c[nH]c3ccccc23)C(=O)O1. The first-order chi connectivity index (χ1) is 16.8. The zero-order chi connectivity index (χ0) is 24.6. The molecule has 0 amide bonds. The van der Waals surface area contributed by atoms with Crippen LogP contribution in [0, 0.1) is 5.92 Å². The monoisotopic (exact) mass is 533 g/mol. The van der Waals surface area contributed by atoms with E-state index in [1.807, 2.05) is 79.0 Å². The quantitative estimate of drug-likeness (QED) is 0.239. The summed E-state index contributed by atoms with van der Waals surface area (Å²) in [4.78, 5) is 29.7. The first kappa shape index (κ1) is 23.2. The number of halogens is 1. The van der Waals surface area contributed by atoms with Crippen LogP contribution in [0.3, 0.4) is 0 Å². The van der Waals surface area contributed by atoms with Gasteiger partial charge in [-0.1, -0.05) is 64.5 Å². The number of hydrogen-bond acceptors (Lipinski definition) is 5. The molecule has 178 valence electrons. The molecule has 1 saturated heterocycles. The van der Waals surface area contributed by atoms with E-state index < -0.39 is 29.6 Å². The second kappa shape index (κ2) is 9.23. The van der Waals surface area contributed by atoms with Crippen LogP contribution in [0.2, 0.25) is 0 Å². The van der Waals surface area contributed by atoms with E-state index in [4.69, 9.17) is 14.2 Å². The largest absolute Gasteiger partial charge is 0.489 e. The molecule has 1 atom stereocenters. The number of esters is 2. The van der Waals surface area contributed by atoms with Crippen molar-refractivity contribution in [2.45, 2.75) is 32.2 Å². The Kier molecular flexibility index (Phi) is 6.11. The number of rotatable bonds is 6. The summed E-state index contributed by atoms with van der Waals surface area (Å²) >= 11 is 3.45. The third kappa shape index (κ3) is 4.68. The number of carbonyl (C=O) groups excluding carboxylic acids is 2. The van der Waals surface area contributed by atoms with Gasteiger partial charge in [-0.2, -0.15) is 0 Å². The number of nitrogens with one attached hydrogen (secondary N) is 1. The topological polar surface area (TPSA) is 77.6 Å². The van der Waals surface area contributed by atoms with Gasteiger partial charge in [-0.25, -0.2) is 0 Å². The zero-order valence-corrected chi connectivity index (χ0v) is 20.9. The molecule has 0 bridgehead atoms. The second-order valence-corrected chi connectivity index (χ2v) is 9.86. The molecule has 2 heterocycles. The van der Waals surface area contributed by atoms with Crippen molar-refractivity contribution in [1.82, 2.24) is 4.98 Å². The molecule has 1 N–H and O–H groups in total. The van der Waals surface area contributed by atoms with Crippen LogP contribution in [0.5, 0.6) is 5.75 Å². The number of aromatic nitrogens is 1. The minimum atomic E-state index is -1.31. The van der Waals surface area contributed by atoms with Gasteiger partial charge in [0.05, 0.1) is 0 Å². The average Bonchev–Trinajstić information content (AvgIpc) is 3.24. The lowest BCUT2D eigenvalue weighted by molar-refractivity contribution is -0.240. The van der Waals surface area contributed by atoms with E-state index in [0.717, 1.165) is 26.5 Å². The maximum atomic E-state index is 13.2. The molecule has 0 aliphatic carbocycles. The van der Waals surface area contributed by atoms with Gasteiger partial charge in [-0.05, 0) is 35.4 Å². The first-order valence-electron chi connectivity index (χ1n) is 11.3. The summed E-state index contributed by atoms with van der Waals surface area (Å²) in [5.41, 5.74) is 3.38. The molecule has 1 aromatic heterocycles. The lowest BCUT2D eigenvalue weighted by atomic mass is 9.79. The summed E-state index contributed by atoms with van der Waals surface area (Å²) < 4.78 is 18.2. The third-order valence-corrected chi connectivity index (χ3v) is 6.58. The average molecular weight is 534 g/mol. The molecule has 35 heavy (non-hydrogen) atoms. The Balaban J connectivity index is 1.60. The predicted molar refractivity (Wildman–Crippen MR) is 135 cm³/mol. The van der Waals surface area contributed by atoms with E-state index in [1.165, 1.54) is 0 Å². The van der Waals surface area contributed by atoms with Crippen LogP contribution in [0.25, 0.3) is 10.9 Å². The first-order valence-corrected chi connectivity index (χ1v) is 12.1. The van der Waals surface area contributed by atoms with Crippen LogP contribution in [-0.4, -0.2) is 22.7 Å². The molecule has 7 heteroatoms. The van der Waals surface area contributed by atoms with Crippen molar-refractivity contribution in [3.8, 4) is 5.75 Å². The van der Waals surface area contributed by atoms with Crippen molar-refractivity contribution in [1.29, 1.82) is 0 Å². The van der Waals surface area contributed by atoms with Crippen LogP contribution in [0.1, 0.15) is 36.5 Å². The van der Waals surface area contributed by atoms with Crippen molar-refractivity contribution < 1.29 is 23.8 Å². The fourth-order valence-electron chi connectivity index (χ4n) is 4.49. The van der Waals surface area contributed by atoms with Crippen LogP contribution in [-0.2, 0) is 25.7 Å². The molecular weight excluding hydrogens is 510 g/mol. The molecular formula is C28H24BrNO5. The van der Waals surface area contributed by atoms with Crippen molar-refractivity contribution >= 4 is 38.8 Å². The van der Waals surface area contributed by atoms with Gasteiger partial charge >= 0.3 is 11.9 Å². The maximum Gasteiger partial charge on any atom is 0.324 e. The molecule has 4 aromatic rings. The standard InChI is InChI=1S/C28H24BrNO5/c1-28(2)34-26(31)25(27(32)35-28)24(21-15-30-22-9-5-3-7-19(21)22)20-8-4-6-10-23(20)33-16-17-11-13-18(29)14-12-17/h3-15,24-25,30H,16H2,1-2H3/t24-/m1/s1. The Bertz CT molecular complexity index is 1370. The molecule has 0 unspecified atom stereocenters. The van der Waals surface area contributed by atoms with Gasteiger partial charge in [0.2, 0.25) is 0 Å². The molecule has 1 fully saturated rings. The fourth-order valence-corrected chi connectivity index (χ4v) is 4.75.